The molecule has 1 aliphatic heterocycles. The summed E-state index contributed by atoms with van der Waals surface area (Å²) in [5.74, 6) is 1.90. The molecule has 8 heteroatoms. The number of likely N-dealkylation sites (tertiary alicyclic amines) is 1. The van der Waals surface area contributed by atoms with E-state index in [4.69, 9.17) is 15.7 Å². The molecule has 0 spiro atoms. The third-order valence-corrected chi connectivity index (χ3v) is 5.39. The number of ether oxygens (including phenoxy) is 1. The summed E-state index contributed by atoms with van der Waals surface area (Å²) in [7, 11) is 0. The Morgan fingerprint density at radius 1 is 1.18 bits per heavy atom. The Labute approximate surface area is 192 Å². The Kier molecular flexibility index (Phi) is 6.51. The minimum absolute atomic E-state index is 0.0390. The molecule has 1 amide bonds. The number of nitrogens with zero attached hydrogens (tertiary/aromatic N) is 4. The third-order valence-electron chi connectivity index (χ3n) is 5.39. The summed E-state index contributed by atoms with van der Waals surface area (Å²) in [5, 5.41) is 12.4. The first-order valence-electron chi connectivity index (χ1n) is 10.6. The highest BCUT2D eigenvalue weighted by atomic mass is 16.5. The van der Waals surface area contributed by atoms with E-state index in [2.05, 4.69) is 21.9 Å². The lowest BCUT2D eigenvalue weighted by Gasteiger charge is -2.33. The van der Waals surface area contributed by atoms with Gasteiger partial charge in [0.15, 0.2) is 0 Å². The smallest absolute Gasteiger partial charge is 0.263 e. The lowest BCUT2D eigenvalue weighted by molar-refractivity contribution is -0.127. The van der Waals surface area contributed by atoms with Gasteiger partial charge in [-0.2, -0.15) is 10.2 Å². The number of nitrogens with one attached hydrogen (secondary N) is 1. The molecule has 1 aromatic heterocycles. The fourth-order valence-corrected chi connectivity index (χ4v) is 3.76. The van der Waals surface area contributed by atoms with E-state index in [0.29, 0.717) is 18.9 Å². The number of benzene rings is 2. The van der Waals surface area contributed by atoms with Gasteiger partial charge in [-0.25, -0.2) is 4.98 Å². The molecule has 1 atom stereocenters. The number of piperidine rings is 1. The zero-order chi connectivity index (χ0) is 23.2. The van der Waals surface area contributed by atoms with Gasteiger partial charge in [-0.15, -0.1) is 0 Å². The number of nitriles is 1. The van der Waals surface area contributed by atoms with Crippen LogP contribution in [0, 0.1) is 11.3 Å². The van der Waals surface area contributed by atoms with Crippen molar-refractivity contribution in [2.24, 2.45) is 0 Å². The van der Waals surface area contributed by atoms with Gasteiger partial charge in [0.25, 0.3) is 5.91 Å². The van der Waals surface area contributed by atoms with Crippen LogP contribution in [-0.4, -0.2) is 39.9 Å². The van der Waals surface area contributed by atoms with Gasteiger partial charge in [0.05, 0.1) is 0 Å². The molecule has 2 heterocycles. The number of carbonyl (C=O) groups excluding carboxylic acids is 1. The molecule has 3 N–H and O–H groups in total. The Bertz CT molecular complexity index is 1190. The number of anilines is 2. The topological polar surface area (TPSA) is 117 Å². The molecule has 4 rings (SSSR count). The van der Waals surface area contributed by atoms with E-state index in [-0.39, 0.29) is 23.5 Å². The summed E-state index contributed by atoms with van der Waals surface area (Å²) in [5.41, 5.74) is 7.50. The normalized spacial score (nSPS) is 15.4. The molecule has 2 aromatic carbocycles. The maximum Gasteiger partial charge on any atom is 0.263 e. The van der Waals surface area contributed by atoms with Gasteiger partial charge in [-0.05, 0) is 42.7 Å². The zero-order valence-corrected chi connectivity index (χ0v) is 18.1. The number of nitrogen functional groups attached to an aromatic ring is 1. The Morgan fingerprint density at radius 2 is 1.91 bits per heavy atom. The van der Waals surface area contributed by atoms with E-state index in [1.807, 2.05) is 60.7 Å². The lowest BCUT2D eigenvalue weighted by atomic mass is 10.0. The van der Waals surface area contributed by atoms with Crippen LogP contribution in [0.3, 0.4) is 0 Å². The highest BCUT2D eigenvalue weighted by molar-refractivity contribution is 5.96. The van der Waals surface area contributed by atoms with Crippen LogP contribution in [0.1, 0.15) is 12.8 Å². The van der Waals surface area contributed by atoms with Gasteiger partial charge in [0.1, 0.15) is 29.0 Å². The van der Waals surface area contributed by atoms with Crippen molar-refractivity contribution >= 4 is 17.7 Å². The van der Waals surface area contributed by atoms with Gasteiger partial charge in [0, 0.05) is 30.9 Å². The minimum atomic E-state index is -0.333. The van der Waals surface area contributed by atoms with Gasteiger partial charge >= 0.3 is 0 Å². The van der Waals surface area contributed by atoms with E-state index in [9.17, 15) is 4.79 Å². The minimum Gasteiger partial charge on any atom is -0.457 e. The van der Waals surface area contributed by atoms with Crippen molar-refractivity contribution in [3.05, 3.63) is 72.9 Å². The molecule has 1 saturated heterocycles. The maximum atomic E-state index is 12.4. The number of aromatic nitrogens is 2. The summed E-state index contributed by atoms with van der Waals surface area (Å²) < 4.78 is 5.87. The van der Waals surface area contributed by atoms with Crippen LogP contribution in [-0.2, 0) is 4.79 Å². The standard InChI is InChI=1S/C25H24N6O2/c1-17(14-26)24(32)31-13-5-6-19(16-31)29-23-22(15-28-25(27)30-23)18-9-11-21(12-10-18)33-20-7-3-2-4-8-20/h2-4,7-12,15,19H,1,5-6,13,16H2,(H3,27,28,29,30). The fraction of sp³-hybridized carbons (Fsp3) is 0.200. The molecule has 1 fully saturated rings. The van der Waals surface area contributed by atoms with E-state index in [1.165, 1.54) is 0 Å². The van der Waals surface area contributed by atoms with Crippen molar-refractivity contribution in [2.75, 3.05) is 24.1 Å². The Hall–Kier alpha value is -4.38. The molecule has 1 aliphatic rings. The largest absolute Gasteiger partial charge is 0.457 e. The van der Waals surface area contributed by atoms with Crippen LogP contribution in [0.25, 0.3) is 11.1 Å². The van der Waals surface area contributed by atoms with E-state index in [1.54, 1.807) is 11.1 Å². The third kappa shape index (κ3) is 5.28. The molecule has 8 nitrogen and oxygen atoms in total. The first-order valence-corrected chi connectivity index (χ1v) is 10.6. The predicted octanol–water partition coefficient (Wildman–Crippen LogP) is 4.00. The number of hydrogen-bond acceptors (Lipinski definition) is 7. The van der Waals surface area contributed by atoms with Gasteiger partial charge in [0.2, 0.25) is 5.95 Å². The first-order chi connectivity index (χ1) is 16.0. The SMILES string of the molecule is C=C(C#N)C(=O)N1CCCC(Nc2nc(N)ncc2-c2ccc(Oc3ccccc3)cc2)C1. The lowest BCUT2D eigenvalue weighted by Crippen LogP contribution is -2.45. The van der Waals surface area contributed by atoms with Crippen LogP contribution in [0.4, 0.5) is 11.8 Å². The molecular formula is C25H24N6O2. The summed E-state index contributed by atoms with van der Waals surface area (Å²) in [6.07, 6.45) is 3.35. The van der Waals surface area contributed by atoms with Crippen molar-refractivity contribution in [1.29, 1.82) is 5.26 Å². The van der Waals surface area contributed by atoms with Crippen LogP contribution >= 0.6 is 0 Å². The summed E-state index contributed by atoms with van der Waals surface area (Å²) in [6, 6.07) is 19.0. The number of rotatable bonds is 6. The van der Waals surface area contributed by atoms with Gasteiger partial charge < -0.3 is 20.7 Å². The van der Waals surface area contributed by atoms with Crippen LogP contribution in [0.15, 0.2) is 72.9 Å². The van der Waals surface area contributed by atoms with Crippen molar-refractivity contribution in [3.8, 4) is 28.7 Å². The van der Waals surface area contributed by atoms with Crippen LogP contribution in [0.2, 0.25) is 0 Å². The molecule has 3 aromatic rings. The molecule has 0 aliphatic carbocycles. The highest BCUT2D eigenvalue weighted by Gasteiger charge is 2.26. The summed E-state index contributed by atoms with van der Waals surface area (Å²) in [4.78, 5) is 22.6. The molecule has 0 radical (unpaired) electrons. The molecule has 0 saturated carbocycles. The first kappa shape index (κ1) is 21.8. The number of hydrogen-bond donors (Lipinski definition) is 2. The number of para-hydroxylation sites is 1. The maximum absolute atomic E-state index is 12.4. The number of nitrogens with two attached hydrogens (primary N) is 1. The number of amides is 1. The quantitative estimate of drug-likeness (QED) is 0.439. The molecular weight excluding hydrogens is 416 g/mol. The second kappa shape index (κ2) is 9.83. The molecule has 0 bridgehead atoms. The van der Waals surface area contributed by atoms with Crippen LogP contribution in [0.5, 0.6) is 11.5 Å². The van der Waals surface area contributed by atoms with E-state index >= 15 is 0 Å². The average molecular weight is 441 g/mol. The summed E-state index contributed by atoms with van der Waals surface area (Å²) >= 11 is 0. The Balaban J connectivity index is 1.51. The second-order valence-electron chi connectivity index (χ2n) is 7.75. The van der Waals surface area contributed by atoms with Crippen molar-refractivity contribution in [1.82, 2.24) is 14.9 Å². The highest BCUT2D eigenvalue weighted by Crippen LogP contribution is 2.30. The van der Waals surface area contributed by atoms with Crippen LogP contribution < -0.4 is 15.8 Å². The predicted molar refractivity (Wildman–Crippen MR) is 126 cm³/mol. The average Bonchev–Trinajstić information content (AvgIpc) is 2.85. The van der Waals surface area contributed by atoms with E-state index in [0.717, 1.165) is 35.5 Å². The Morgan fingerprint density at radius 3 is 2.64 bits per heavy atom. The molecule has 166 valence electrons. The fourth-order valence-electron chi connectivity index (χ4n) is 3.76. The van der Waals surface area contributed by atoms with Gasteiger partial charge in [-0.1, -0.05) is 36.9 Å². The molecule has 33 heavy (non-hydrogen) atoms. The monoisotopic (exact) mass is 440 g/mol. The van der Waals surface area contributed by atoms with E-state index < -0.39 is 0 Å². The van der Waals surface area contributed by atoms with Crippen molar-refractivity contribution in [3.63, 3.8) is 0 Å². The van der Waals surface area contributed by atoms with Gasteiger partial charge in [-0.3, -0.25) is 4.79 Å². The number of carbonyl (C=O) groups is 1. The van der Waals surface area contributed by atoms with Crippen molar-refractivity contribution < 1.29 is 9.53 Å². The molecule has 1 unspecified atom stereocenters. The summed E-state index contributed by atoms with van der Waals surface area (Å²) in [6.45, 7) is 4.58. The van der Waals surface area contributed by atoms with Crippen molar-refractivity contribution in [2.45, 2.75) is 18.9 Å². The second-order valence-corrected chi connectivity index (χ2v) is 7.75. The zero-order valence-electron chi connectivity index (χ0n) is 18.1.